The zero-order valence-electron chi connectivity index (χ0n) is 17.9. The zero-order chi connectivity index (χ0) is 21.5. The second kappa shape index (κ2) is 8.24. The minimum atomic E-state index is -0.0683. The molecule has 2 atom stereocenters. The van der Waals surface area contributed by atoms with E-state index in [1.165, 1.54) is 27.8 Å². The van der Waals surface area contributed by atoms with Crippen molar-refractivity contribution < 1.29 is 0 Å². The van der Waals surface area contributed by atoms with Crippen LogP contribution in [-0.2, 0) is 19.3 Å². The van der Waals surface area contributed by atoms with Gasteiger partial charge in [-0.1, -0.05) is 49.9 Å². The van der Waals surface area contributed by atoms with Crippen LogP contribution in [0.2, 0.25) is 0 Å². The molecule has 5 rings (SSSR count). The average molecular weight is 452 g/mol. The molecule has 31 heavy (non-hydrogen) atoms. The summed E-state index contributed by atoms with van der Waals surface area (Å²) in [6.07, 6.45) is 4.18. The van der Waals surface area contributed by atoms with E-state index in [1.807, 2.05) is 6.92 Å². The van der Waals surface area contributed by atoms with Crippen molar-refractivity contribution in [3.8, 4) is 11.4 Å². The maximum atomic E-state index is 12.9. The molecule has 4 aromatic rings. The van der Waals surface area contributed by atoms with E-state index < -0.39 is 0 Å². The molecule has 0 spiro atoms. The van der Waals surface area contributed by atoms with E-state index >= 15 is 0 Å². The summed E-state index contributed by atoms with van der Waals surface area (Å²) in [6.45, 7) is 6.44. The monoisotopic (exact) mass is 451 g/mol. The molecule has 1 aliphatic carbocycles. The van der Waals surface area contributed by atoms with Crippen molar-refractivity contribution in [3.63, 3.8) is 0 Å². The maximum Gasteiger partial charge on any atom is 0.259 e. The number of aromatic nitrogens is 5. The Morgan fingerprint density at radius 1 is 1.26 bits per heavy atom. The van der Waals surface area contributed by atoms with Crippen LogP contribution in [0.4, 0.5) is 0 Å². The molecule has 0 radical (unpaired) electrons. The van der Waals surface area contributed by atoms with Gasteiger partial charge in [0.15, 0.2) is 5.82 Å². The standard InChI is InChI=1S/C23H25N5OS2/c1-4-14-6-8-15(9-7-14)20-26-23(28-27-20)30-13(3)19-24-21(29)18-16-10-5-12(2)11-17(16)31-22(18)25-19/h6-9,12-13H,4-5,10-11H2,1-3H3,(H,24,25,29)(H,26,27,28). The summed E-state index contributed by atoms with van der Waals surface area (Å²) in [4.78, 5) is 27.5. The number of hydrogen-bond donors (Lipinski definition) is 2. The van der Waals surface area contributed by atoms with Crippen molar-refractivity contribution in [1.82, 2.24) is 25.1 Å². The van der Waals surface area contributed by atoms with Gasteiger partial charge >= 0.3 is 0 Å². The lowest BCUT2D eigenvalue weighted by Gasteiger charge is -2.17. The number of aryl methyl sites for hydroxylation is 2. The summed E-state index contributed by atoms with van der Waals surface area (Å²) in [5.41, 5.74) is 3.50. The first kappa shape index (κ1) is 20.5. The van der Waals surface area contributed by atoms with Gasteiger partial charge in [0.05, 0.1) is 10.6 Å². The molecular formula is C23H25N5OS2. The fourth-order valence-electron chi connectivity index (χ4n) is 4.10. The Bertz CT molecular complexity index is 1290. The smallest absolute Gasteiger partial charge is 0.259 e. The summed E-state index contributed by atoms with van der Waals surface area (Å²) >= 11 is 3.17. The third-order valence-corrected chi connectivity index (χ3v) is 8.07. The highest BCUT2D eigenvalue weighted by Crippen LogP contribution is 2.37. The van der Waals surface area contributed by atoms with Crippen molar-refractivity contribution in [2.75, 3.05) is 0 Å². The molecule has 160 valence electrons. The van der Waals surface area contributed by atoms with Crippen LogP contribution in [0.1, 0.15) is 54.3 Å². The van der Waals surface area contributed by atoms with Gasteiger partial charge in [-0.3, -0.25) is 9.89 Å². The molecule has 0 aliphatic heterocycles. The van der Waals surface area contributed by atoms with Crippen LogP contribution in [0.25, 0.3) is 21.6 Å². The molecule has 3 heterocycles. The molecular weight excluding hydrogens is 426 g/mol. The number of rotatable bonds is 5. The fourth-order valence-corrected chi connectivity index (χ4v) is 6.27. The lowest BCUT2D eigenvalue weighted by atomic mass is 9.89. The quantitative estimate of drug-likeness (QED) is 0.402. The average Bonchev–Trinajstić information content (AvgIpc) is 3.37. The zero-order valence-corrected chi connectivity index (χ0v) is 19.5. The van der Waals surface area contributed by atoms with E-state index in [1.54, 1.807) is 11.3 Å². The molecule has 3 aromatic heterocycles. The van der Waals surface area contributed by atoms with E-state index in [9.17, 15) is 4.79 Å². The first-order valence-electron chi connectivity index (χ1n) is 10.7. The summed E-state index contributed by atoms with van der Waals surface area (Å²) in [5.74, 6) is 2.09. The van der Waals surface area contributed by atoms with Gasteiger partial charge in [0.2, 0.25) is 5.16 Å². The maximum absolute atomic E-state index is 12.9. The summed E-state index contributed by atoms with van der Waals surface area (Å²) < 4.78 is 0. The first-order chi connectivity index (χ1) is 15.0. The van der Waals surface area contributed by atoms with Crippen molar-refractivity contribution in [2.24, 2.45) is 5.92 Å². The van der Waals surface area contributed by atoms with Crippen LogP contribution < -0.4 is 5.56 Å². The predicted molar refractivity (Wildman–Crippen MR) is 127 cm³/mol. The molecule has 2 unspecified atom stereocenters. The van der Waals surface area contributed by atoms with Crippen molar-refractivity contribution >= 4 is 33.3 Å². The van der Waals surface area contributed by atoms with Gasteiger partial charge in [0.1, 0.15) is 10.7 Å². The number of H-pyrrole nitrogens is 2. The Balaban J connectivity index is 1.38. The van der Waals surface area contributed by atoms with Gasteiger partial charge in [-0.15, -0.1) is 16.4 Å². The predicted octanol–water partition coefficient (Wildman–Crippen LogP) is 5.31. The largest absolute Gasteiger partial charge is 0.309 e. The Hall–Kier alpha value is -2.45. The molecule has 0 bridgehead atoms. The van der Waals surface area contributed by atoms with E-state index in [-0.39, 0.29) is 10.8 Å². The number of benzene rings is 1. The number of hydrogen-bond acceptors (Lipinski definition) is 6. The van der Waals surface area contributed by atoms with Crippen molar-refractivity contribution in [2.45, 2.75) is 56.9 Å². The molecule has 0 amide bonds. The second-order valence-electron chi connectivity index (χ2n) is 8.26. The number of nitrogens with one attached hydrogen (secondary N) is 2. The Labute approximate surface area is 188 Å². The lowest BCUT2D eigenvalue weighted by Crippen LogP contribution is -2.15. The number of thiophene rings is 1. The van der Waals surface area contributed by atoms with Gasteiger partial charge in [-0.2, -0.15) is 0 Å². The number of nitrogens with zero attached hydrogens (tertiary/aromatic N) is 3. The topological polar surface area (TPSA) is 87.3 Å². The van der Waals surface area contributed by atoms with Crippen LogP contribution in [0.3, 0.4) is 0 Å². The van der Waals surface area contributed by atoms with Crippen LogP contribution in [0.15, 0.2) is 34.2 Å². The third-order valence-electron chi connectivity index (χ3n) is 5.95. The molecule has 1 aromatic carbocycles. The number of fused-ring (bicyclic) bond motifs is 3. The van der Waals surface area contributed by atoms with Crippen molar-refractivity contribution in [1.29, 1.82) is 0 Å². The highest BCUT2D eigenvalue weighted by Gasteiger charge is 2.24. The van der Waals surface area contributed by atoms with Crippen molar-refractivity contribution in [3.05, 3.63) is 56.4 Å². The summed E-state index contributed by atoms with van der Waals surface area (Å²) in [7, 11) is 0. The van der Waals surface area contributed by atoms with Gasteiger partial charge in [-0.05, 0) is 49.7 Å². The van der Waals surface area contributed by atoms with Crippen LogP contribution in [0.5, 0.6) is 0 Å². The molecule has 6 nitrogen and oxygen atoms in total. The SMILES string of the molecule is CCc1ccc(-c2nc(SC(C)c3nc4sc5c(c4c(=O)[nH]3)CCC(C)C5)n[nH]2)cc1. The molecule has 0 saturated heterocycles. The Kier molecular flexibility index (Phi) is 5.44. The van der Waals surface area contributed by atoms with Crippen LogP contribution >= 0.6 is 23.1 Å². The Morgan fingerprint density at radius 3 is 2.84 bits per heavy atom. The van der Waals surface area contributed by atoms with E-state index in [4.69, 9.17) is 4.98 Å². The highest BCUT2D eigenvalue weighted by atomic mass is 32.2. The summed E-state index contributed by atoms with van der Waals surface area (Å²) in [5, 5.41) is 8.75. The number of thioether (sulfide) groups is 1. The van der Waals surface area contributed by atoms with Crippen LogP contribution in [0, 0.1) is 5.92 Å². The van der Waals surface area contributed by atoms with E-state index in [2.05, 4.69) is 58.3 Å². The molecule has 0 saturated carbocycles. The van der Waals surface area contributed by atoms with Gasteiger partial charge in [0.25, 0.3) is 5.56 Å². The third kappa shape index (κ3) is 3.94. The lowest BCUT2D eigenvalue weighted by molar-refractivity contribution is 0.509. The first-order valence-corrected chi connectivity index (χ1v) is 12.4. The summed E-state index contributed by atoms with van der Waals surface area (Å²) in [6, 6.07) is 8.34. The van der Waals surface area contributed by atoms with Gasteiger partial charge < -0.3 is 4.98 Å². The highest BCUT2D eigenvalue weighted by molar-refractivity contribution is 7.99. The molecule has 2 N–H and O–H groups in total. The molecule has 1 aliphatic rings. The minimum absolute atomic E-state index is 0.0220. The molecule has 0 fully saturated rings. The second-order valence-corrected chi connectivity index (χ2v) is 10.7. The van der Waals surface area contributed by atoms with Gasteiger partial charge in [0, 0.05) is 10.4 Å². The van der Waals surface area contributed by atoms with E-state index in [0.717, 1.165) is 47.3 Å². The minimum Gasteiger partial charge on any atom is -0.309 e. The fraction of sp³-hybridized carbons (Fsp3) is 0.391. The normalized spacial score (nSPS) is 17.1. The molecule has 8 heteroatoms. The van der Waals surface area contributed by atoms with Crippen LogP contribution in [-0.4, -0.2) is 25.1 Å². The van der Waals surface area contributed by atoms with Gasteiger partial charge in [-0.25, -0.2) is 9.97 Å². The Morgan fingerprint density at radius 2 is 2.06 bits per heavy atom. The van der Waals surface area contributed by atoms with E-state index in [0.29, 0.717) is 16.9 Å². The number of aromatic amines is 2.